The third-order valence-corrected chi connectivity index (χ3v) is 6.95. The van der Waals surface area contributed by atoms with Gasteiger partial charge in [0.15, 0.2) is 0 Å². The van der Waals surface area contributed by atoms with Crippen LogP contribution >= 0.6 is 11.6 Å². The molecule has 29 heavy (non-hydrogen) atoms. The van der Waals surface area contributed by atoms with Crippen LogP contribution in [0.2, 0.25) is 5.02 Å². The van der Waals surface area contributed by atoms with Gasteiger partial charge in [-0.3, -0.25) is 9.59 Å². The monoisotopic (exact) mass is 437 g/mol. The molecule has 0 spiro atoms. The lowest BCUT2D eigenvalue weighted by Gasteiger charge is -2.19. The van der Waals surface area contributed by atoms with Crippen molar-refractivity contribution in [2.24, 2.45) is 0 Å². The van der Waals surface area contributed by atoms with E-state index >= 15 is 0 Å². The minimum absolute atomic E-state index is 0.00779. The van der Waals surface area contributed by atoms with E-state index in [1.54, 1.807) is 39.0 Å². The second-order valence-electron chi connectivity index (χ2n) is 6.24. The largest absolute Gasteiger partial charge is 0.355 e. The predicted molar refractivity (Wildman–Crippen MR) is 114 cm³/mol. The highest BCUT2D eigenvalue weighted by atomic mass is 35.5. The molecule has 0 aliphatic rings. The molecule has 0 heterocycles. The standard InChI is InChI=1S/C20H24ClN3O4S/c1-5-24(6-2)29(27,28)14-10-11-17(21)16(12-14)20(26)23-18-9-7-8-15(13(18)3)19(25)22-4/h7-12H,5-6H2,1-4H3,(H,22,25)(H,23,26). The Morgan fingerprint density at radius 3 is 2.28 bits per heavy atom. The SMILES string of the molecule is CCN(CC)S(=O)(=O)c1ccc(Cl)c(C(=O)Nc2cccc(C(=O)NC)c2C)c1. The second kappa shape index (κ2) is 9.39. The van der Waals surface area contributed by atoms with Crippen molar-refractivity contribution in [2.45, 2.75) is 25.7 Å². The van der Waals surface area contributed by atoms with Crippen molar-refractivity contribution < 1.29 is 18.0 Å². The molecule has 0 fully saturated rings. The molecule has 2 amide bonds. The topological polar surface area (TPSA) is 95.6 Å². The lowest BCUT2D eigenvalue weighted by Crippen LogP contribution is -2.30. The zero-order valence-corrected chi connectivity index (χ0v) is 18.3. The minimum atomic E-state index is -3.73. The number of anilines is 1. The Kier molecular flexibility index (Phi) is 7.40. The van der Waals surface area contributed by atoms with Gasteiger partial charge < -0.3 is 10.6 Å². The van der Waals surface area contributed by atoms with E-state index in [-0.39, 0.29) is 21.4 Å². The molecule has 0 saturated heterocycles. The summed E-state index contributed by atoms with van der Waals surface area (Å²) in [6.45, 7) is 5.82. The predicted octanol–water partition coefficient (Wildman–Crippen LogP) is 3.29. The molecule has 7 nitrogen and oxygen atoms in total. The van der Waals surface area contributed by atoms with Crippen LogP contribution in [0.1, 0.15) is 40.1 Å². The van der Waals surface area contributed by atoms with Crippen molar-refractivity contribution in [3.8, 4) is 0 Å². The molecule has 0 aliphatic heterocycles. The molecular formula is C20H24ClN3O4S. The molecule has 0 unspecified atom stereocenters. The number of hydrogen-bond acceptors (Lipinski definition) is 4. The summed E-state index contributed by atoms with van der Waals surface area (Å²) in [6.07, 6.45) is 0. The van der Waals surface area contributed by atoms with Gasteiger partial charge in [0.2, 0.25) is 10.0 Å². The first-order valence-corrected chi connectivity index (χ1v) is 10.9. The van der Waals surface area contributed by atoms with Gasteiger partial charge in [0.05, 0.1) is 15.5 Å². The number of sulfonamides is 1. The molecule has 0 saturated carbocycles. The van der Waals surface area contributed by atoms with Gasteiger partial charge in [-0.2, -0.15) is 4.31 Å². The first kappa shape index (κ1) is 22.9. The average Bonchev–Trinajstić information content (AvgIpc) is 2.69. The Bertz CT molecular complexity index is 1030. The molecule has 0 radical (unpaired) electrons. The normalized spacial score (nSPS) is 11.4. The highest BCUT2D eigenvalue weighted by molar-refractivity contribution is 7.89. The van der Waals surface area contributed by atoms with Crippen molar-refractivity contribution in [1.29, 1.82) is 0 Å². The van der Waals surface area contributed by atoms with Crippen LogP contribution in [-0.4, -0.2) is 44.7 Å². The van der Waals surface area contributed by atoms with E-state index in [0.29, 0.717) is 29.9 Å². The van der Waals surface area contributed by atoms with E-state index in [2.05, 4.69) is 10.6 Å². The number of amides is 2. The van der Waals surface area contributed by atoms with Crippen LogP contribution in [0.25, 0.3) is 0 Å². The van der Waals surface area contributed by atoms with Gasteiger partial charge in [-0.25, -0.2) is 8.42 Å². The summed E-state index contributed by atoms with van der Waals surface area (Å²) in [5.74, 6) is -0.840. The van der Waals surface area contributed by atoms with E-state index < -0.39 is 15.9 Å². The first-order valence-electron chi connectivity index (χ1n) is 9.10. The van der Waals surface area contributed by atoms with Crippen molar-refractivity contribution in [3.05, 3.63) is 58.1 Å². The van der Waals surface area contributed by atoms with Crippen LogP contribution in [0, 0.1) is 6.92 Å². The summed E-state index contributed by atoms with van der Waals surface area (Å²) in [5, 5.41) is 5.38. The number of carbonyl (C=O) groups is 2. The second-order valence-corrected chi connectivity index (χ2v) is 8.59. The lowest BCUT2D eigenvalue weighted by molar-refractivity contribution is 0.0960. The van der Waals surface area contributed by atoms with Crippen LogP contribution < -0.4 is 10.6 Å². The lowest BCUT2D eigenvalue weighted by atomic mass is 10.1. The van der Waals surface area contributed by atoms with Crippen LogP contribution in [0.15, 0.2) is 41.3 Å². The smallest absolute Gasteiger partial charge is 0.257 e. The van der Waals surface area contributed by atoms with Crippen molar-refractivity contribution in [1.82, 2.24) is 9.62 Å². The summed E-state index contributed by atoms with van der Waals surface area (Å²) in [7, 11) is -2.21. The zero-order valence-electron chi connectivity index (χ0n) is 16.7. The zero-order chi connectivity index (χ0) is 21.8. The van der Waals surface area contributed by atoms with E-state index in [0.717, 1.165) is 0 Å². The van der Waals surface area contributed by atoms with Gasteiger partial charge >= 0.3 is 0 Å². The Balaban J connectivity index is 2.42. The van der Waals surface area contributed by atoms with Gasteiger partial charge in [0.25, 0.3) is 11.8 Å². The van der Waals surface area contributed by atoms with Gasteiger partial charge in [0.1, 0.15) is 0 Å². The summed E-state index contributed by atoms with van der Waals surface area (Å²) in [4.78, 5) is 24.8. The minimum Gasteiger partial charge on any atom is -0.355 e. The van der Waals surface area contributed by atoms with Crippen molar-refractivity contribution in [2.75, 3.05) is 25.5 Å². The third kappa shape index (κ3) is 4.77. The van der Waals surface area contributed by atoms with Gasteiger partial charge in [-0.1, -0.05) is 31.5 Å². The van der Waals surface area contributed by atoms with Crippen LogP contribution in [-0.2, 0) is 10.0 Å². The molecule has 0 aromatic heterocycles. The molecule has 0 aliphatic carbocycles. The fraction of sp³-hybridized carbons (Fsp3) is 0.300. The quantitative estimate of drug-likeness (QED) is 0.694. The summed E-state index contributed by atoms with van der Waals surface area (Å²) < 4.78 is 26.8. The highest BCUT2D eigenvalue weighted by Gasteiger charge is 2.24. The van der Waals surface area contributed by atoms with Crippen LogP contribution in [0.5, 0.6) is 0 Å². The maximum Gasteiger partial charge on any atom is 0.257 e. The molecule has 2 N–H and O–H groups in total. The molecule has 0 atom stereocenters. The van der Waals surface area contributed by atoms with Gasteiger partial charge in [-0.15, -0.1) is 0 Å². The maximum absolute atomic E-state index is 12.8. The Morgan fingerprint density at radius 1 is 1.03 bits per heavy atom. The third-order valence-electron chi connectivity index (χ3n) is 4.58. The number of carbonyl (C=O) groups excluding carboxylic acids is 2. The fourth-order valence-electron chi connectivity index (χ4n) is 2.89. The number of hydrogen-bond donors (Lipinski definition) is 2. The number of nitrogens with one attached hydrogen (secondary N) is 2. The maximum atomic E-state index is 12.8. The van der Waals surface area contributed by atoms with Gasteiger partial charge in [-0.05, 0) is 42.8 Å². The van der Waals surface area contributed by atoms with Gasteiger partial charge in [0, 0.05) is 31.4 Å². The molecule has 2 rings (SSSR count). The van der Waals surface area contributed by atoms with E-state index in [4.69, 9.17) is 11.6 Å². The van der Waals surface area contributed by atoms with E-state index in [1.165, 1.54) is 29.6 Å². The Hall–Kier alpha value is -2.42. The molecular weight excluding hydrogens is 414 g/mol. The molecule has 0 bridgehead atoms. The van der Waals surface area contributed by atoms with E-state index in [9.17, 15) is 18.0 Å². The number of benzene rings is 2. The Morgan fingerprint density at radius 2 is 1.69 bits per heavy atom. The highest BCUT2D eigenvalue weighted by Crippen LogP contribution is 2.25. The Labute approximate surface area is 176 Å². The summed E-state index contributed by atoms with van der Waals surface area (Å²) in [5.41, 5.74) is 1.48. The van der Waals surface area contributed by atoms with E-state index in [1.807, 2.05) is 0 Å². The number of nitrogens with zero attached hydrogens (tertiary/aromatic N) is 1. The average molecular weight is 438 g/mol. The molecule has 156 valence electrons. The van der Waals surface area contributed by atoms with Crippen LogP contribution in [0.4, 0.5) is 5.69 Å². The summed E-state index contributed by atoms with van der Waals surface area (Å²) >= 11 is 6.17. The van der Waals surface area contributed by atoms with Crippen molar-refractivity contribution >= 4 is 39.1 Å². The fourth-order valence-corrected chi connectivity index (χ4v) is 4.58. The molecule has 2 aromatic rings. The molecule has 9 heteroatoms. The first-order chi connectivity index (χ1) is 13.7. The van der Waals surface area contributed by atoms with Crippen molar-refractivity contribution in [3.63, 3.8) is 0 Å². The number of rotatable bonds is 7. The molecule has 2 aromatic carbocycles. The summed E-state index contributed by atoms with van der Waals surface area (Å²) in [6, 6.07) is 8.99. The number of halogens is 1. The van der Waals surface area contributed by atoms with Crippen LogP contribution in [0.3, 0.4) is 0 Å².